The van der Waals surface area contributed by atoms with Crippen molar-refractivity contribution in [1.82, 2.24) is 5.32 Å². The van der Waals surface area contributed by atoms with E-state index in [1.807, 2.05) is 45.0 Å². The number of benzene rings is 1. The summed E-state index contributed by atoms with van der Waals surface area (Å²) in [5, 5.41) is 2.76. The highest BCUT2D eigenvalue weighted by atomic mass is 16.5. The summed E-state index contributed by atoms with van der Waals surface area (Å²) in [7, 11) is 0. The van der Waals surface area contributed by atoms with Gasteiger partial charge in [-0.15, -0.1) is 0 Å². The molecule has 1 unspecified atom stereocenters. The molecule has 3 heteroatoms. The topological polar surface area (TPSA) is 38.3 Å². The number of hydrogen-bond donors (Lipinski definition) is 1. The van der Waals surface area contributed by atoms with Crippen molar-refractivity contribution in [2.75, 3.05) is 6.54 Å². The number of hydrogen-bond acceptors (Lipinski definition) is 2. The predicted molar refractivity (Wildman–Crippen MR) is 64.6 cm³/mol. The highest BCUT2D eigenvalue weighted by Crippen LogP contribution is 2.14. The summed E-state index contributed by atoms with van der Waals surface area (Å²) in [4.78, 5) is 11.6. The van der Waals surface area contributed by atoms with E-state index >= 15 is 0 Å². The van der Waals surface area contributed by atoms with Crippen LogP contribution >= 0.6 is 0 Å². The Hall–Kier alpha value is -1.51. The molecule has 0 fully saturated rings. The van der Waals surface area contributed by atoms with E-state index in [0.717, 1.165) is 5.75 Å². The first-order valence-corrected chi connectivity index (χ1v) is 5.68. The summed E-state index contributed by atoms with van der Waals surface area (Å²) in [5.41, 5.74) is 1.18. The molecule has 0 saturated carbocycles. The Morgan fingerprint density at radius 3 is 2.44 bits per heavy atom. The Bertz CT molecular complexity index is 332. The molecule has 1 amide bonds. The number of carbonyl (C=O) groups is 1. The lowest BCUT2D eigenvalue weighted by molar-refractivity contribution is -0.128. The second-order valence-corrected chi connectivity index (χ2v) is 3.72. The normalized spacial score (nSPS) is 11.9. The number of likely N-dealkylation sites (N-methyl/N-ethyl adjacent to an activating group) is 1. The molecule has 16 heavy (non-hydrogen) atoms. The summed E-state index contributed by atoms with van der Waals surface area (Å²) < 4.78 is 5.62. The zero-order valence-corrected chi connectivity index (χ0v) is 10.1. The Labute approximate surface area is 96.8 Å². The Morgan fingerprint density at radius 1 is 1.31 bits per heavy atom. The fourth-order valence-corrected chi connectivity index (χ4v) is 1.39. The molecule has 0 aliphatic rings. The lowest BCUT2D eigenvalue weighted by Crippen LogP contribution is -2.37. The number of ether oxygens (including phenoxy) is 1. The van der Waals surface area contributed by atoms with Crippen molar-refractivity contribution >= 4 is 5.91 Å². The van der Waals surface area contributed by atoms with Gasteiger partial charge in [-0.1, -0.05) is 24.6 Å². The first-order valence-electron chi connectivity index (χ1n) is 5.68. The van der Waals surface area contributed by atoms with Gasteiger partial charge in [0.25, 0.3) is 5.91 Å². The molecule has 0 spiro atoms. The average Bonchev–Trinajstić information content (AvgIpc) is 2.28. The van der Waals surface area contributed by atoms with Gasteiger partial charge in [-0.05, 0) is 32.4 Å². The largest absolute Gasteiger partial charge is 0.481 e. The molecule has 0 aliphatic heterocycles. The Morgan fingerprint density at radius 2 is 1.94 bits per heavy atom. The number of aryl methyl sites for hydroxylation is 1. The predicted octanol–water partition coefficient (Wildman–Crippen LogP) is 2.29. The van der Waals surface area contributed by atoms with Crippen molar-refractivity contribution in [2.24, 2.45) is 0 Å². The van der Waals surface area contributed by atoms with Crippen LogP contribution in [0.2, 0.25) is 0 Å². The third kappa shape index (κ3) is 3.57. The van der Waals surface area contributed by atoms with E-state index in [1.54, 1.807) is 0 Å². The van der Waals surface area contributed by atoms with E-state index in [9.17, 15) is 4.79 Å². The van der Waals surface area contributed by atoms with Gasteiger partial charge in [0.1, 0.15) is 5.75 Å². The zero-order valence-electron chi connectivity index (χ0n) is 10.1. The second-order valence-electron chi connectivity index (χ2n) is 3.72. The fourth-order valence-electron chi connectivity index (χ4n) is 1.39. The van der Waals surface area contributed by atoms with Crippen LogP contribution in [-0.4, -0.2) is 18.6 Å². The highest BCUT2D eigenvalue weighted by molar-refractivity contribution is 5.80. The van der Waals surface area contributed by atoms with E-state index in [0.29, 0.717) is 13.0 Å². The van der Waals surface area contributed by atoms with Gasteiger partial charge in [0.2, 0.25) is 0 Å². The van der Waals surface area contributed by atoms with E-state index in [-0.39, 0.29) is 5.91 Å². The average molecular weight is 221 g/mol. The SMILES string of the molecule is CCNC(=O)C(CC)Oc1ccc(C)cc1. The molecule has 1 atom stereocenters. The molecule has 0 radical (unpaired) electrons. The molecule has 1 rings (SSSR count). The first-order chi connectivity index (χ1) is 7.67. The minimum absolute atomic E-state index is 0.0504. The summed E-state index contributed by atoms with van der Waals surface area (Å²) in [6.45, 7) is 6.49. The number of carbonyl (C=O) groups excluding carboxylic acids is 1. The summed E-state index contributed by atoms with van der Waals surface area (Å²) in [6, 6.07) is 7.72. The fraction of sp³-hybridized carbons (Fsp3) is 0.462. The smallest absolute Gasteiger partial charge is 0.261 e. The maximum absolute atomic E-state index is 11.6. The van der Waals surface area contributed by atoms with Gasteiger partial charge in [0.05, 0.1) is 0 Å². The van der Waals surface area contributed by atoms with E-state index < -0.39 is 6.10 Å². The van der Waals surface area contributed by atoms with Crippen molar-refractivity contribution < 1.29 is 9.53 Å². The van der Waals surface area contributed by atoms with Crippen LogP contribution in [0, 0.1) is 6.92 Å². The van der Waals surface area contributed by atoms with Crippen LogP contribution in [0.1, 0.15) is 25.8 Å². The molecular formula is C13H19NO2. The van der Waals surface area contributed by atoms with Crippen molar-refractivity contribution in [3.8, 4) is 5.75 Å². The molecule has 0 aromatic heterocycles. The maximum Gasteiger partial charge on any atom is 0.261 e. The van der Waals surface area contributed by atoms with Gasteiger partial charge in [-0.2, -0.15) is 0 Å². The first kappa shape index (κ1) is 12.6. The van der Waals surface area contributed by atoms with Crippen LogP contribution in [0.3, 0.4) is 0 Å². The quantitative estimate of drug-likeness (QED) is 0.828. The molecule has 0 aliphatic carbocycles. The Kier molecular flexibility index (Phi) is 4.83. The molecule has 3 nitrogen and oxygen atoms in total. The summed E-state index contributed by atoms with van der Waals surface area (Å²) in [6.07, 6.45) is 0.266. The monoisotopic (exact) mass is 221 g/mol. The molecule has 0 saturated heterocycles. The van der Waals surface area contributed by atoms with Crippen LogP contribution < -0.4 is 10.1 Å². The lowest BCUT2D eigenvalue weighted by Gasteiger charge is -2.16. The van der Waals surface area contributed by atoms with Crippen LogP contribution in [0.25, 0.3) is 0 Å². The molecule has 88 valence electrons. The van der Waals surface area contributed by atoms with Crippen molar-refractivity contribution in [2.45, 2.75) is 33.3 Å². The minimum Gasteiger partial charge on any atom is -0.481 e. The highest BCUT2D eigenvalue weighted by Gasteiger charge is 2.16. The lowest BCUT2D eigenvalue weighted by atomic mass is 10.2. The van der Waals surface area contributed by atoms with Gasteiger partial charge in [0, 0.05) is 6.54 Å². The minimum atomic E-state index is -0.400. The number of rotatable bonds is 5. The maximum atomic E-state index is 11.6. The van der Waals surface area contributed by atoms with E-state index in [1.165, 1.54) is 5.56 Å². The summed E-state index contributed by atoms with van der Waals surface area (Å²) in [5.74, 6) is 0.689. The van der Waals surface area contributed by atoms with Gasteiger partial charge < -0.3 is 10.1 Å². The molecule has 1 aromatic rings. The summed E-state index contributed by atoms with van der Waals surface area (Å²) >= 11 is 0. The zero-order chi connectivity index (χ0) is 12.0. The van der Waals surface area contributed by atoms with Crippen LogP contribution in [0.15, 0.2) is 24.3 Å². The van der Waals surface area contributed by atoms with Crippen molar-refractivity contribution in [1.29, 1.82) is 0 Å². The second kappa shape index (κ2) is 6.16. The standard InChI is InChI=1S/C13H19NO2/c1-4-12(13(15)14-5-2)16-11-8-6-10(3)7-9-11/h6-9,12H,4-5H2,1-3H3,(H,14,15). The van der Waals surface area contributed by atoms with Gasteiger partial charge in [-0.3, -0.25) is 4.79 Å². The molecular weight excluding hydrogens is 202 g/mol. The van der Waals surface area contributed by atoms with Crippen molar-refractivity contribution in [3.63, 3.8) is 0 Å². The molecule has 1 N–H and O–H groups in total. The molecule has 0 bridgehead atoms. The van der Waals surface area contributed by atoms with Crippen LogP contribution in [0.4, 0.5) is 0 Å². The van der Waals surface area contributed by atoms with Gasteiger partial charge in [-0.25, -0.2) is 0 Å². The molecule has 1 aromatic carbocycles. The van der Waals surface area contributed by atoms with E-state index in [2.05, 4.69) is 5.32 Å². The van der Waals surface area contributed by atoms with Crippen LogP contribution in [-0.2, 0) is 4.79 Å². The van der Waals surface area contributed by atoms with Crippen LogP contribution in [0.5, 0.6) is 5.75 Å². The van der Waals surface area contributed by atoms with Crippen molar-refractivity contribution in [3.05, 3.63) is 29.8 Å². The van der Waals surface area contributed by atoms with Gasteiger partial charge in [0.15, 0.2) is 6.10 Å². The van der Waals surface area contributed by atoms with Gasteiger partial charge >= 0.3 is 0 Å². The molecule has 0 heterocycles. The third-order valence-electron chi connectivity index (χ3n) is 2.31. The van der Waals surface area contributed by atoms with E-state index in [4.69, 9.17) is 4.74 Å². The number of nitrogens with one attached hydrogen (secondary N) is 1. The third-order valence-corrected chi connectivity index (χ3v) is 2.31. The number of amides is 1. The Balaban J connectivity index is 2.62.